The number of nitrogens with zero attached hydrogens (tertiary/aromatic N) is 4. The first kappa shape index (κ1) is 18.1. The van der Waals surface area contributed by atoms with Crippen LogP contribution in [-0.4, -0.2) is 25.7 Å². The Morgan fingerprint density at radius 3 is 2.50 bits per heavy atom. The van der Waals surface area contributed by atoms with Gasteiger partial charge < -0.3 is 10.1 Å². The summed E-state index contributed by atoms with van der Waals surface area (Å²) in [6.07, 6.45) is 5.10. The van der Waals surface area contributed by atoms with Crippen LogP contribution in [0.1, 0.15) is 10.4 Å². The van der Waals surface area contributed by atoms with Gasteiger partial charge in [-0.15, -0.1) is 10.2 Å². The van der Waals surface area contributed by atoms with E-state index in [0.29, 0.717) is 28.7 Å². The molecule has 28 heavy (non-hydrogen) atoms. The van der Waals surface area contributed by atoms with E-state index in [1.807, 2.05) is 18.2 Å². The largest absolute Gasteiger partial charge is 0.438 e. The minimum absolute atomic E-state index is 0.153. The van der Waals surface area contributed by atoms with Gasteiger partial charge in [0.25, 0.3) is 5.91 Å². The Morgan fingerprint density at radius 2 is 1.82 bits per heavy atom. The normalized spacial score (nSPS) is 10.5. The van der Waals surface area contributed by atoms with E-state index in [1.165, 1.54) is 0 Å². The lowest BCUT2D eigenvalue weighted by molar-refractivity contribution is 0.102. The van der Waals surface area contributed by atoms with Crippen LogP contribution in [0, 0.1) is 3.57 Å². The molecule has 2 aromatic carbocycles. The molecule has 0 radical (unpaired) electrons. The number of ether oxygens (including phenoxy) is 1. The Morgan fingerprint density at radius 1 is 1.00 bits per heavy atom. The highest BCUT2D eigenvalue weighted by atomic mass is 127. The summed E-state index contributed by atoms with van der Waals surface area (Å²) in [4.78, 5) is 16.3. The van der Waals surface area contributed by atoms with Crippen LogP contribution in [0.2, 0.25) is 0 Å². The van der Waals surface area contributed by atoms with Gasteiger partial charge in [-0.1, -0.05) is 12.1 Å². The van der Waals surface area contributed by atoms with Crippen molar-refractivity contribution in [1.29, 1.82) is 0 Å². The maximum atomic E-state index is 12.4. The van der Waals surface area contributed by atoms with Gasteiger partial charge in [-0.25, -0.2) is 4.98 Å². The summed E-state index contributed by atoms with van der Waals surface area (Å²) >= 11 is 2.14. The Hall–Kier alpha value is -3.27. The van der Waals surface area contributed by atoms with Crippen LogP contribution in [0.4, 0.5) is 5.69 Å². The number of anilines is 1. The van der Waals surface area contributed by atoms with E-state index in [1.54, 1.807) is 65.8 Å². The van der Waals surface area contributed by atoms with Crippen LogP contribution in [0.5, 0.6) is 11.6 Å². The molecule has 0 saturated heterocycles. The number of carbonyl (C=O) groups is 1. The molecule has 0 aliphatic rings. The summed E-state index contributed by atoms with van der Waals surface area (Å²) in [6.45, 7) is 0. The average Bonchev–Trinajstić information content (AvgIpc) is 3.25. The van der Waals surface area contributed by atoms with E-state index in [4.69, 9.17) is 4.74 Å². The van der Waals surface area contributed by atoms with Crippen LogP contribution in [0.25, 0.3) is 5.82 Å². The van der Waals surface area contributed by atoms with Crippen molar-refractivity contribution in [3.63, 3.8) is 0 Å². The van der Waals surface area contributed by atoms with Crippen LogP contribution in [-0.2, 0) is 0 Å². The number of hydrogen-bond donors (Lipinski definition) is 1. The van der Waals surface area contributed by atoms with E-state index < -0.39 is 0 Å². The zero-order chi connectivity index (χ0) is 19.3. The van der Waals surface area contributed by atoms with Crippen molar-refractivity contribution < 1.29 is 9.53 Å². The van der Waals surface area contributed by atoms with Gasteiger partial charge in [-0.05, 0) is 65.1 Å². The van der Waals surface area contributed by atoms with Gasteiger partial charge in [-0.3, -0.25) is 9.36 Å². The van der Waals surface area contributed by atoms with Crippen molar-refractivity contribution in [1.82, 2.24) is 19.7 Å². The predicted octanol–water partition coefficient (Wildman–Crippen LogP) is 4.31. The first-order valence-corrected chi connectivity index (χ1v) is 9.43. The zero-order valence-electron chi connectivity index (χ0n) is 14.5. The Labute approximate surface area is 174 Å². The third-order valence-electron chi connectivity index (χ3n) is 3.85. The molecule has 0 bridgehead atoms. The van der Waals surface area contributed by atoms with Gasteiger partial charge >= 0.3 is 0 Å². The predicted molar refractivity (Wildman–Crippen MR) is 113 cm³/mol. The fraction of sp³-hybridized carbons (Fsp3) is 0. The van der Waals surface area contributed by atoms with E-state index in [2.05, 4.69) is 43.1 Å². The molecule has 0 spiro atoms. The number of rotatable bonds is 5. The molecule has 0 aliphatic heterocycles. The molecule has 8 heteroatoms. The van der Waals surface area contributed by atoms with Crippen LogP contribution in [0.15, 0.2) is 79.4 Å². The third-order valence-corrected chi connectivity index (χ3v) is 4.79. The molecule has 1 amide bonds. The fourth-order valence-corrected chi connectivity index (χ4v) is 3.10. The van der Waals surface area contributed by atoms with E-state index in [-0.39, 0.29) is 5.91 Å². The summed E-state index contributed by atoms with van der Waals surface area (Å²) in [5, 5.41) is 11.0. The smallest absolute Gasteiger partial charge is 0.256 e. The van der Waals surface area contributed by atoms with Crippen molar-refractivity contribution in [2.45, 2.75) is 0 Å². The standard InChI is InChI=1S/C20H14IN5O2/c21-17-4-2-1-3-16(17)20(27)23-14-5-7-15(8-6-14)28-19-10-9-18(24-25-19)26-12-11-22-13-26/h1-13H,(H,23,27). The SMILES string of the molecule is O=C(Nc1ccc(Oc2ccc(-n3ccnc3)nn2)cc1)c1ccccc1I. The Balaban J connectivity index is 1.41. The van der Waals surface area contributed by atoms with Crippen molar-refractivity contribution in [3.8, 4) is 17.4 Å². The third kappa shape index (κ3) is 4.17. The van der Waals surface area contributed by atoms with Crippen molar-refractivity contribution in [3.05, 3.63) is 88.5 Å². The highest BCUT2D eigenvalue weighted by molar-refractivity contribution is 14.1. The second-order valence-corrected chi connectivity index (χ2v) is 6.92. The van der Waals surface area contributed by atoms with Crippen LogP contribution < -0.4 is 10.1 Å². The van der Waals surface area contributed by atoms with Gasteiger partial charge in [0.1, 0.15) is 12.1 Å². The highest BCUT2D eigenvalue weighted by Crippen LogP contribution is 2.22. The van der Waals surface area contributed by atoms with E-state index >= 15 is 0 Å². The minimum atomic E-state index is -0.153. The van der Waals surface area contributed by atoms with Gasteiger partial charge in [0.2, 0.25) is 5.88 Å². The van der Waals surface area contributed by atoms with Crippen molar-refractivity contribution in [2.24, 2.45) is 0 Å². The van der Waals surface area contributed by atoms with Crippen molar-refractivity contribution >= 4 is 34.2 Å². The summed E-state index contributed by atoms with van der Waals surface area (Å²) < 4.78 is 8.35. The molecule has 0 aliphatic carbocycles. The summed E-state index contributed by atoms with van der Waals surface area (Å²) in [5.74, 6) is 1.47. The fourth-order valence-electron chi connectivity index (χ4n) is 2.47. The quantitative estimate of drug-likeness (QED) is 0.428. The number of halogens is 1. The second-order valence-electron chi connectivity index (χ2n) is 5.76. The topological polar surface area (TPSA) is 81.9 Å². The van der Waals surface area contributed by atoms with Gasteiger partial charge in [0.15, 0.2) is 5.82 Å². The number of hydrogen-bond acceptors (Lipinski definition) is 5. The Bertz CT molecular complexity index is 1080. The van der Waals surface area contributed by atoms with E-state index in [0.717, 1.165) is 3.57 Å². The number of benzene rings is 2. The molecular weight excluding hydrogens is 469 g/mol. The number of imidazole rings is 1. The van der Waals surface area contributed by atoms with Crippen LogP contribution >= 0.6 is 22.6 Å². The average molecular weight is 483 g/mol. The Kier molecular flexibility index (Phi) is 5.29. The first-order chi connectivity index (χ1) is 13.7. The van der Waals surface area contributed by atoms with Gasteiger partial charge in [-0.2, -0.15) is 0 Å². The number of carbonyl (C=O) groups excluding carboxylic acids is 1. The number of nitrogens with one attached hydrogen (secondary N) is 1. The van der Waals surface area contributed by atoms with E-state index in [9.17, 15) is 4.79 Å². The summed E-state index contributed by atoms with van der Waals surface area (Å²) in [6, 6.07) is 18.0. The summed E-state index contributed by atoms with van der Waals surface area (Å²) in [5.41, 5.74) is 1.32. The monoisotopic (exact) mass is 483 g/mol. The molecule has 4 aromatic rings. The molecule has 2 heterocycles. The number of amides is 1. The lowest BCUT2D eigenvalue weighted by atomic mass is 10.2. The molecule has 1 N–H and O–H groups in total. The molecule has 7 nitrogen and oxygen atoms in total. The van der Waals surface area contributed by atoms with Crippen molar-refractivity contribution in [2.75, 3.05) is 5.32 Å². The molecule has 0 fully saturated rings. The molecule has 0 unspecified atom stereocenters. The molecule has 2 aromatic heterocycles. The number of aromatic nitrogens is 4. The zero-order valence-corrected chi connectivity index (χ0v) is 16.6. The minimum Gasteiger partial charge on any atom is -0.438 e. The van der Waals surface area contributed by atoms with Gasteiger partial charge in [0, 0.05) is 27.7 Å². The molecule has 0 atom stereocenters. The first-order valence-electron chi connectivity index (χ1n) is 8.35. The maximum absolute atomic E-state index is 12.4. The second kappa shape index (κ2) is 8.17. The molecule has 4 rings (SSSR count). The van der Waals surface area contributed by atoms with Gasteiger partial charge in [0.05, 0.1) is 5.56 Å². The molecule has 0 saturated carbocycles. The highest BCUT2D eigenvalue weighted by Gasteiger charge is 2.09. The lowest BCUT2D eigenvalue weighted by Gasteiger charge is -2.08. The summed E-state index contributed by atoms with van der Waals surface area (Å²) in [7, 11) is 0. The maximum Gasteiger partial charge on any atom is 0.256 e. The van der Waals surface area contributed by atoms with Crippen LogP contribution in [0.3, 0.4) is 0 Å². The molecular formula is C20H14IN5O2. The molecule has 138 valence electrons. The lowest BCUT2D eigenvalue weighted by Crippen LogP contribution is -2.13.